The third kappa shape index (κ3) is 3.98. The monoisotopic (exact) mass is 371 g/mol. The van der Waals surface area contributed by atoms with Crippen molar-refractivity contribution in [1.82, 2.24) is 15.0 Å². The SMILES string of the molecule is COc1ccc(C(=O)N2CCCC(c3nc(C4CCOCC4)no3)C2)cc1. The summed E-state index contributed by atoms with van der Waals surface area (Å²) in [6.07, 6.45) is 3.76. The van der Waals surface area contributed by atoms with Crippen LogP contribution in [0.5, 0.6) is 5.75 Å². The molecule has 1 unspecified atom stereocenters. The summed E-state index contributed by atoms with van der Waals surface area (Å²) in [6, 6.07) is 7.24. The number of likely N-dealkylation sites (tertiary alicyclic amines) is 1. The summed E-state index contributed by atoms with van der Waals surface area (Å²) in [5, 5.41) is 4.20. The maximum absolute atomic E-state index is 12.8. The largest absolute Gasteiger partial charge is 0.497 e. The predicted molar refractivity (Wildman–Crippen MR) is 98.0 cm³/mol. The molecule has 1 amide bonds. The molecule has 2 aliphatic rings. The summed E-state index contributed by atoms with van der Waals surface area (Å²) in [7, 11) is 1.62. The lowest BCUT2D eigenvalue weighted by Gasteiger charge is -2.31. The van der Waals surface area contributed by atoms with Crippen LogP contribution in [0.4, 0.5) is 0 Å². The molecule has 0 spiro atoms. The molecule has 2 aliphatic heterocycles. The van der Waals surface area contributed by atoms with Crippen molar-refractivity contribution in [3.05, 3.63) is 41.5 Å². The molecule has 1 atom stereocenters. The Labute approximate surface area is 158 Å². The molecule has 0 bridgehead atoms. The maximum atomic E-state index is 12.8. The molecule has 7 nitrogen and oxygen atoms in total. The van der Waals surface area contributed by atoms with E-state index in [0.717, 1.165) is 57.0 Å². The average Bonchev–Trinajstić information content (AvgIpc) is 3.24. The van der Waals surface area contributed by atoms with E-state index >= 15 is 0 Å². The second-order valence-electron chi connectivity index (χ2n) is 7.20. The van der Waals surface area contributed by atoms with Gasteiger partial charge in [0.05, 0.1) is 13.0 Å². The van der Waals surface area contributed by atoms with Gasteiger partial charge in [-0.15, -0.1) is 0 Å². The van der Waals surface area contributed by atoms with Gasteiger partial charge in [0.15, 0.2) is 5.82 Å². The Kier molecular flexibility index (Phi) is 5.38. The fourth-order valence-corrected chi connectivity index (χ4v) is 3.81. The minimum atomic E-state index is 0.0338. The first-order chi connectivity index (χ1) is 13.2. The number of ether oxygens (including phenoxy) is 2. The van der Waals surface area contributed by atoms with Gasteiger partial charge in [0, 0.05) is 37.8 Å². The number of aromatic nitrogens is 2. The number of amides is 1. The van der Waals surface area contributed by atoms with Gasteiger partial charge in [0.2, 0.25) is 5.89 Å². The van der Waals surface area contributed by atoms with E-state index in [9.17, 15) is 4.79 Å². The summed E-state index contributed by atoms with van der Waals surface area (Å²) in [4.78, 5) is 19.4. The fourth-order valence-electron chi connectivity index (χ4n) is 3.81. The molecule has 1 aromatic heterocycles. The van der Waals surface area contributed by atoms with Crippen molar-refractivity contribution in [2.24, 2.45) is 0 Å². The molecule has 4 rings (SSSR count). The summed E-state index contributed by atoms with van der Waals surface area (Å²) in [5.41, 5.74) is 0.671. The van der Waals surface area contributed by atoms with Gasteiger partial charge in [0.1, 0.15) is 5.75 Å². The molecule has 27 heavy (non-hydrogen) atoms. The third-order valence-corrected chi connectivity index (χ3v) is 5.44. The van der Waals surface area contributed by atoms with Gasteiger partial charge in [-0.1, -0.05) is 5.16 Å². The molecule has 0 saturated carbocycles. The van der Waals surface area contributed by atoms with Gasteiger partial charge in [-0.2, -0.15) is 4.98 Å². The van der Waals surface area contributed by atoms with Gasteiger partial charge in [-0.3, -0.25) is 4.79 Å². The molecule has 2 saturated heterocycles. The number of piperidine rings is 1. The highest BCUT2D eigenvalue weighted by Crippen LogP contribution is 2.30. The molecular weight excluding hydrogens is 346 g/mol. The lowest BCUT2D eigenvalue weighted by molar-refractivity contribution is 0.0695. The van der Waals surface area contributed by atoms with Crippen LogP contribution in [0.15, 0.2) is 28.8 Å². The van der Waals surface area contributed by atoms with Crippen LogP contribution in [0.1, 0.15) is 59.6 Å². The number of methoxy groups -OCH3 is 1. The molecule has 2 fully saturated rings. The van der Waals surface area contributed by atoms with Crippen molar-refractivity contribution in [2.45, 2.75) is 37.5 Å². The van der Waals surface area contributed by atoms with E-state index in [-0.39, 0.29) is 11.8 Å². The molecule has 144 valence electrons. The van der Waals surface area contributed by atoms with Gasteiger partial charge < -0.3 is 18.9 Å². The summed E-state index contributed by atoms with van der Waals surface area (Å²) in [6.45, 7) is 2.87. The minimum Gasteiger partial charge on any atom is -0.497 e. The lowest BCUT2D eigenvalue weighted by Crippen LogP contribution is -2.39. The van der Waals surface area contributed by atoms with E-state index in [1.807, 2.05) is 17.0 Å². The quantitative estimate of drug-likeness (QED) is 0.822. The van der Waals surface area contributed by atoms with Crippen LogP contribution in [-0.2, 0) is 4.74 Å². The van der Waals surface area contributed by atoms with Crippen molar-refractivity contribution >= 4 is 5.91 Å². The number of hydrogen-bond donors (Lipinski definition) is 0. The van der Waals surface area contributed by atoms with Crippen LogP contribution >= 0.6 is 0 Å². The molecule has 1 aromatic carbocycles. The first-order valence-corrected chi connectivity index (χ1v) is 9.59. The Morgan fingerprint density at radius 2 is 1.93 bits per heavy atom. The number of carbonyl (C=O) groups is 1. The molecule has 0 radical (unpaired) electrons. The zero-order chi connectivity index (χ0) is 18.6. The zero-order valence-corrected chi connectivity index (χ0v) is 15.6. The molecule has 3 heterocycles. The number of carbonyl (C=O) groups excluding carboxylic acids is 1. The minimum absolute atomic E-state index is 0.0338. The van der Waals surface area contributed by atoms with Crippen molar-refractivity contribution in [3.63, 3.8) is 0 Å². The second-order valence-corrected chi connectivity index (χ2v) is 7.20. The van der Waals surface area contributed by atoms with Gasteiger partial charge in [-0.25, -0.2) is 0 Å². The third-order valence-electron chi connectivity index (χ3n) is 5.44. The zero-order valence-electron chi connectivity index (χ0n) is 15.6. The highest BCUT2D eigenvalue weighted by atomic mass is 16.5. The average molecular weight is 371 g/mol. The van der Waals surface area contributed by atoms with E-state index in [2.05, 4.69) is 10.1 Å². The van der Waals surface area contributed by atoms with E-state index in [1.54, 1.807) is 19.2 Å². The standard InChI is InChI=1S/C20H25N3O4/c1-25-17-6-4-15(5-7-17)20(24)23-10-2-3-16(13-23)19-21-18(22-27-19)14-8-11-26-12-9-14/h4-7,14,16H,2-3,8-13H2,1H3. The van der Waals surface area contributed by atoms with Crippen LogP contribution in [-0.4, -0.2) is 54.4 Å². The highest BCUT2D eigenvalue weighted by Gasteiger charge is 2.30. The Hall–Kier alpha value is -2.41. The lowest BCUT2D eigenvalue weighted by atomic mass is 9.96. The van der Waals surface area contributed by atoms with Gasteiger partial charge in [0.25, 0.3) is 5.91 Å². The number of hydrogen-bond acceptors (Lipinski definition) is 6. The van der Waals surface area contributed by atoms with E-state index < -0.39 is 0 Å². The van der Waals surface area contributed by atoms with Crippen molar-refractivity contribution < 1.29 is 18.8 Å². The van der Waals surface area contributed by atoms with E-state index in [0.29, 0.717) is 23.9 Å². The van der Waals surface area contributed by atoms with Gasteiger partial charge >= 0.3 is 0 Å². The summed E-state index contributed by atoms with van der Waals surface area (Å²) < 4.78 is 16.1. The van der Waals surface area contributed by atoms with E-state index in [4.69, 9.17) is 14.0 Å². The van der Waals surface area contributed by atoms with Gasteiger partial charge in [-0.05, 0) is 49.9 Å². The number of rotatable bonds is 4. The molecule has 0 N–H and O–H groups in total. The van der Waals surface area contributed by atoms with Crippen LogP contribution < -0.4 is 4.74 Å². The van der Waals surface area contributed by atoms with E-state index in [1.165, 1.54) is 0 Å². The first kappa shape index (κ1) is 18.0. The number of nitrogens with zero attached hydrogens (tertiary/aromatic N) is 3. The topological polar surface area (TPSA) is 77.7 Å². The Bertz CT molecular complexity index is 768. The smallest absolute Gasteiger partial charge is 0.253 e. The Morgan fingerprint density at radius 3 is 2.67 bits per heavy atom. The van der Waals surface area contributed by atoms with Crippen molar-refractivity contribution in [3.8, 4) is 5.75 Å². The maximum Gasteiger partial charge on any atom is 0.253 e. The van der Waals surface area contributed by atoms with Crippen LogP contribution in [0.25, 0.3) is 0 Å². The van der Waals surface area contributed by atoms with Crippen molar-refractivity contribution in [2.75, 3.05) is 33.4 Å². The van der Waals surface area contributed by atoms with Crippen molar-refractivity contribution in [1.29, 1.82) is 0 Å². The van der Waals surface area contributed by atoms with Crippen LogP contribution in [0.3, 0.4) is 0 Å². The normalized spacial score (nSPS) is 21.2. The fraction of sp³-hybridized carbons (Fsp3) is 0.550. The number of benzene rings is 1. The first-order valence-electron chi connectivity index (χ1n) is 9.59. The van der Waals surface area contributed by atoms with Crippen LogP contribution in [0.2, 0.25) is 0 Å². The molecule has 2 aromatic rings. The summed E-state index contributed by atoms with van der Waals surface area (Å²) >= 11 is 0. The molecule has 7 heteroatoms. The Morgan fingerprint density at radius 1 is 1.15 bits per heavy atom. The summed E-state index contributed by atoms with van der Waals surface area (Å²) in [5.74, 6) is 2.63. The molecule has 0 aliphatic carbocycles. The molecular formula is C20H25N3O4. The van der Waals surface area contributed by atoms with Crippen LogP contribution in [0, 0.1) is 0 Å². The predicted octanol–water partition coefficient (Wildman–Crippen LogP) is 2.99. The highest BCUT2D eigenvalue weighted by molar-refractivity contribution is 5.94. The Balaban J connectivity index is 1.43. The second kappa shape index (κ2) is 8.08.